The number of anilines is 2. The van der Waals surface area contributed by atoms with E-state index in [0.717, 1.165) is 18.2 Å². The molecule has 2 rings (SSSR count). The number of alkyl halides is 3. The number of hydrogen-bond acceptors (Lipinski definition) is 3. The Labute approximate surface area is 157 Å². The van der Waals surface area contributed by atoms with Gasteiger partial charge in [-0.15, -0.1) is 0 Å². The number of nitrogens with one attached hydrogen (secondary N) is 1. The molecule has 0 aliphatic rings. The van der Waals surface area contributed by atoms with Gasteiger partial charge in [-0.05, 0) is 37.3 Å². The van der Waals surface area contributed by atoms with Crippen molar-refractivity contribution in [2.24, 2.45) is 0 Å². The van der Waals surface area contributed by atoms with Crippen LogP contribution in [0.2, 0.25) is 5.02 Å². The Bertz CT molecular complexity index is 884. The lowest BCUT2D eigenvalue weighted by Gasteiger charge is -2.21. The third-order valence-corrected chi connectivity index (χ3v) is 4.02. The van der Waals surface area contributed by atoms with Crippen LogP contribution in [0.1, 0.15) is 22.8 Å². The Morgan fingerprint density at radius 1 is 1.19 bits per heavy atom. The van der Waals surface area contributed by atoms with E-state index in [1.165, 1.54) is 37.1 Å². The number of amides is 1. The molecule has 0 aliphatic carbocycles. The molecule has 0 fully saturated rings. The SMILES string of the molecule is CC(=O)c1c(F)cccc1N(C)CC(=O)Nc1ccc(Cl)c(C(F)(F)F)c1. The molecule has 144 valence electrons. The van der Waals surface area contributed by atoms with Crippen molar-refractivity contribution >= 4 is 34.7 Å². The molecule has 0 unspecified atom stereocenters. The molecule has 0 saturated carbocycles. The summed E-state index contributed by atoms with van der Waals surface area (Å²) in [6.45, 7) is 0.885. The van der Waals surface area contributed by atoms with Crippen LogP contribution in [-0.2, 0) is 11.0 Å². The van der Waals surface area contributed by atoms with Gasteiger partial charge in [0.1, 0.15) is 5.82 Å². The molecule has 0 spiro atoms. The van der Waals surface area contributed by atoms with E-state index < -0.39 is 34.3 Å². The number of carbonyl (C=O) groups excluding carboxylic acids is 2. The van der Waals surface area contributed by atoms with Crippen molar-refractivity contribution in [3.8, 4) is 0 Å². The largest absolute Gasteiger partial charge is 0.417 e. The van der Waals surface area contributed by atoms with E-state index in [2.05, 4.69) is 5.32 Å². The van der Waals surface area contributed by atoms with Crippen LogP contribution in [-0.4, -0.2) is 25.3 Å². The molecule has 1 N–H and O–H groups in total. The summed E-state index contributed by atoms with van der Waals surface area (Å²) in [5.74, 6) is -1.88. The molecule has 0 aliphatic heterocycles. The van der Waals surface area contributed by atoms with Gasteiger partial charge in [0.2, 0.25) is 5.91 Å². The van der Waals surface area contributed by atoms with Gasteiger partial charge in [0.15, 0.2) is 5.78 Å². The van der Waals surface area contributed by atoms with Crippen molar-refractivity contribution < 1.29 is 27.2 Å². The molecule has 1 amide bonds. The van der Waals surface area contributed by atoms with Crippen molar-refractivity contribution in [3.05, 3.63) is 58.4 Å². The molecule has 9 heteroatoms. The summed E-state index contributed by atoms with van der Waals surface area (Å²) in [6.07, 6.45) is -4.66. The molecule has 0 bridgehead atoms. The summed E-state index contributed by atoms with van der Waals surface area (Å²) in [6, 6.07) is 6.98. The quantitative estimate of drug-likeness (QED) is 0.578. The maximum Gasteiger partial charge on any atom is 0.417 e. The van der Waals surface area contributed by atoms with Crippen LogP contribution in [0.5, 0.6) is 0 Å². The van der Waals surface area contributed by atoms with Crippen LogP contribution in [0.3, 0.4) is 0 Å². The van der Waals surface area contributed by atoms with Crippen molar-refractivity contribution in [3.63, 3.8) is 0 Å². The van der Waals surface area contributed by atoms with Gasteiger partial charge in [-0.3, -0.25) is 9.59 Å². The second-order valence-electron chi connectivity index (χ2n) is 5.79. The molecule has 0 saturated heterocycles. The maximum atomic E-state index is 13.9. The van der Waals surface area contributed by atoms with Crippen molar-refractivity contribution in [1.29, 1.82) is 0 Å². The lowest BCUT2D eigenvalue weighted by atomic mass is 10.1. The second kappa shape index (κ2) is 7.96. The van der Waals surface area contributed by atoms with Gasteiger partial charge in [0.25, 0.3) is 0 Å². The maximum absolute atomic E-state index is 13.9. The van der Waals surface area contributed by atoms with E-state index in [0.29, 0.717) is 0 Å². The molecule has 2 aromatic carbocycles. The van der Waals surface area contributed by atoms with Crippen LogP contribution < -0.4 is 10.2 Å². The molecule has 0 aromatic heterocycles. The van der Waals surface area contributed by atoms with Gasteiger partial charge in [0.05, 0.1) is 28.4 Å². The summed E-state index contributed by atoms with van der Waals surface area (Å²) in [5, 5.41) is 1.84. The zero-order valence-corrected chi connectivity index (χ0v) is 15.1. The Morgan fingerprint density at radius 3 is 2.44 bits per heavy atom. The highest BCUT2D eigenvalue weighted by Gasteiger charge is 2.33. The standard InChI is InChI=1S/C18H15ClF4N2O2/c1-10(26)17-14(20)4-3-5-15(17)25(2)9-16(27)24-11-6-7-13(19)12(8-11)18(21,22)23/h3-8H,9H2,1-2H3,(H,24,27). The van der Waals surface area contributed by atoms with E-state index in [1.54, 1.807) is 0 Å². The highest BCUT2D eigenvalue weighted by Crippen LogP contribution is 2.36. The Kier molecular flexibility index (Phi) is 6.10. The van der Waals surface area contributed by atoms with E-state index in [1.807, 2.05) is 0 Å². The van der Waals surface area contributed by atoms with Crippen molar-refractivity contribution in [2.75, 3.05) is 23.8 Å². The topological polar surface area (TPSA) is 49.4 Å². The van der Waals surface area contributed by atoms with Crippen LogP contribution in [0.4, 0.5) is 28.9 Å². The summed E-state index contributed by atoms with van der Waals surface area (Å²) >= 11 is 5.54. The summed E-state index contributed by atoms with van der Waals surface area (Å²) in [5.41, 5.74) is -1.13. The van der Waals surface area contributed by atoms with Gasteiger partial charge >= 0.3 is 6.18 Å². The lowest BCUT2D eigenvalue weighted by molar-refractivity contribution is -0.137. The molecule has 0 radical (unpaired) electrons. The number of benzene rings is 2. The monoisotopic (exact) mass is 402 g/mol. The first-order chi connectivity index (χ1) is 12.5. The van der Waals surface area contributed by atoms with Crippen LogP contribution in [0.25, 0.3) is 0 Å². The van der Waals surface area contributed by atoms with Crippen LogP contribution >= 0.6 is 11.6 Å². The van der Waals surface area contributed by atoms with E-state index in [4.69, 9.17) is 11.6 Å². The van der Waals surface area contributed by atoms with Gasteiger partial charge in [0, 0.05) is 12.7 Å². The summed E-state index contributed by atoms with van der Waals surface area (Å²) in [7, 11) is 1.46. The molecule has 0 heterocycles. The van der Waals surface area contributed by atoms with E-state index in [-0.39, 0.29) is 23.5 Å². The minimum atomic E-state index is -4.66. The molecule has 4 nitrogen and oxygen atoms in total. The first-order valence-corrected chi connectivity index (χ1v) is 8.05. The van der Waals surface area contributed by atoms with E-state index in [9.17, 15) is 27.2 Å². The average molecular weight is 403 g/mol. The van der Waals surface area contributed by atoms with Gasteiger partial charge in [-0.2, -0.15) is 13.2 Å². The van der Waals surface area contributed by atoms with Crippen molar-refractivity contribution in [2.45, 2.75) is 13.1 Å². The molecular weight excluding hydrogens is 388 g/mol. The van der Waals surface area contributed by atoms with Crippen LogP contribution in [0.15, 0.2) is 36.4 Å². The van der Waals surface area contributed by atoms with Gasteiger partial charge in [-0.1, -0.05) is 17.7 Å². The fourth-order valence-corrected chi connectivity index (χ4v) is 2.73. The summed E-state index contributed by atoms with van der Waals surface area (Å²) in [4.78, 5) is 25.1. The number of halogens is 5. The predicted molar refractivity (Wildman–Crippen MR) is 94.8 cm³/mol. The molecule has 0 atom stereocenters. The predicted octanol–water partition coefficient (Wildman–Crippen LogP) is 4.78. The lowest BCUT2D eigenvalue weighted by Crippen LogP contribution is -2.31. The number of rotatable bonds is 5. The fraction of sp³-hybridized carbons (Fsp3) is 0.222. The minimum absolute atomic E-state index is 0.0869. The minimum Gasteiger partial charge on any atom is -0.365 e. The first kappa shape index (κ1) is 20.7. The highest BCUT2D eigenvalue weighted by atomic mass is 35.5. The second-order valence-corrected chi connectivity index (χ2v) is 6.19. The Morgan fingerprint density at radius 2 is 1.85 bits per heavy atom. The fourth-order valence-electron chi connectivity index (χ4n) is 2.50. The Balaban J connectivity index is 2.18. The first-order valence-electron chi connectivity index (χ1n) is 7.68. The molecule has 27 heavy (non-hydrogen) atoms. The van der Waals surface area contributed by atoms with Gasteiger partial charge in [-0.25, -0.2) is 4.39 Å². The number of nitrogens with zero attached hydrogens (tertiary/aromatic N) is 1. The van der Waals surface area contributed by atoms with Crippen molar-refractivity contribution in [1.82, 2.24) is 0 Å². The molecule has 2 aromatic rings. The third-order valence-electron chi connectivity index (χ3n) is 3.69. The van der Waals surface area contributed by atoms with Gasteiger partial charge < -0.3 is 10.2 Å². The number of ketones is 1. The highest BCUT2D eigenvalue weighted by molar-refractivity contribution is 6.31. The normalized spacial score (nSPS) is 11.2. The van der Waals surface area contributed by atoms with Crippen LogP contribution in [0, 0.1) is 5.82 Å². The zero-order valence-electron chi connectivity index (χ0n) is 14.3. The van der Waals surface area contributed by atoms with E-state index >= 15 is 0 Å². The average Bonchev–Trinajstić information content (AvgIpc) is 2.54. The number of Topliss-reactive ketones (excluding diaryl/α,β-unsaturated/α-hetero) is 1. The smallest absolute Gasteiger partial charge is 0.365 e. The summed E-state index contributed by atoms with van der Waals surface area (Å²) < 4.78 is 52.5. The third kappa shape index (κ3) is 4.97. The number of hydrogen-bond donors (Lipinski definition) is 1. The number of likely N-dealkylation sites (N-methyl/N-ethyl adjacent to an activating group) is 1. The molecular formula is C18H15ClF4N2O2. The Hall–Kier alpha value is -2.61. The number of carbonyl (C=O) groups is 2. The zero-order chi connectivity index (χ0) is 20.4.